The molecular formula is C20H16N4O5. The lowest BCUT2D eigenvalue weighted by atomic mass is 10.1. The highest BCUT2D eigenvalue weighted by molar-refractivity contribution is 5.97. The molecule has 29 heavy (non-hydrogen) atoms. The summed E-state index contributed by atoms with van der Waals surface area (Å²) in [5, 5.41) is 17.6. The number of para-hydroxylation sites is 1. The van der Waals surface area contributed by atoms with Crippen molar-refractivity contribution in [1.29, 1.82) is 0 Å². The molecule has 0 radical (unpaired) electrons. The molecule has 3 rings (SSSR count). The number of nitro benzene ring substituents is 1. The van der Waals surface area contributed by atoms with E-state index in [9.17, 15) is 19.7 Å². The molecule has 0 spiro atoms. The molecule has 0 aliphatic heterocycles. The normalized spacial score (nSPS) is 10.7. The molecule has 0 saturated heterocycles. The Morgan fingerprint density at radius 3 is 2.66 bits per heavy atom. The minimum absolute atomic E-state index is 0.0716. The third kappa shape index (κ3) is 4.92. The number of nitro groups is 1. The summed E-state index contributed by atoms with van der Waals surface area (Å²) >= 11 is 0. The summed E-state index contributed by atoms with van der Waals surface area (Å²) in [7, 11) is 0. The molecule has 2 N–H and O–H groups in total. The smallest absolute Gasteiger partial charge is 0.280 e. The third-order valence-corrected chi connectivity index (χ3v) is 3.80. The zero-order valence-corrected chi connectivity index (χ0v) is 15.3. The van der Waals surface area contributed by atoms with Crippen LogP contribution in [-0.2, 0) is 4.79 Å². The maximum absolute atomic E-state index is 12.2. The molecule has 0 unspecified atom stereocenters. The van der Waals surface area contributed by atoms with Crippen LogP contribution in [0.3, 0.4) is 0 Å². The average Bonchev–Trinajstić information content (AvgIpc) is 3.16. The summed E-state index contributed by atoms with van der Waals surface area (Å²) in [6.07, 6.45) is 1.29. The van der Waals surface area contributed by atoms with Gasteiger partial charge in [0.05, 0.1) is 16.7 Å². The van der Waals surface area contributed by atoms with Gasteiger partial charge < -0.3 is 9.73 Å². The molecule has 1 heterocycles. The highest BCUT2D eigenvalue weighted by atomic mass is 16.6. The van der Waals surface area contributed by atoms with Gasteiger partial charge in [0.1, 0.15) is 11.5 Å². The summed E-state index contributed by atoms with van der Waals surface area (Å²) < 4.78 is 5.56. The van der Waals surface area contributed by atoms with Crippen molar-refractivity contribution in [3.8, 4) is 11.3 Å². The summed E-state index contributed by atoms with van der Waals surface area (Å²) in [6.45, 7) is 1.37. The van der Waals surface area contributed by atoms with Crippen LogP contribution >= 0.6 is 0 Å². The molecule has 2 aromatic carbocycles. The molecule has 0 aliphatic rings. The molecule has 3 aromatic rings. The second-order valence-electron chi connectivity index (χ2n) is 5.94. The first kappa shape index (κ1) is 19.5. The summed E-state index contributed by atoms with van der Waals surface area (Å²) in [6, 6.07) is 15.8. The number of anilines is 1. The number of benzene rings is 2. The quantitative estimate of drug-likeness (QED) is 0.377. The Morgan fingerprint density at radius 1 is 1.10 bits per heavy atom. The Labute approximate surface area is 165 Å². The lowest BCUT2D eigenvalue weighted by molar-refractivity contribution is -0.384. The maximum atomic E-state index is 12.2. The molecule has 0 atom stereocenters. The van der Waals surface area contributed by atoms with E-state index < -0.39 is 10.8 Å². The standard InChI is InChI=1S/C20H16N4O5/c1-13(25)22-15-6-4-5-14(11-15)20(26)23-21-12-16-9-10-19(29-16)17-7-2-3-8-18(17)24(27)28/h2-12H,1H3,(H,22,25)(H,23,26)/b21-12-. The Kier molecular flexibility index (Phi) is 5.79. The molecule has 0 fully saturated rings. The van der Waals surface area contributed by atoms with Crippen LogP contribution in [0.25, 0.3) is 11.3 Å². The summed E-state index contributed by atoms with van der Waals surface area (Å²) in [4.78, 5) is 33.9. The van der Waals surface area contributed by atoms with Crippen LogP contribution < -0.4 is 10.7 Å². The lowest BCUT2D eigenvalue weighted by Crippen LogP contribution is -2.18. The first-order valence-electron chi connectivity index (χ1n) is 8.49. The van der Waals surface area contributed by atoms with Gasteiger partial charge in [-0.2, -0.15) is 5.10 Å². The van der Waals surface area contributed by atoms with Crippen LogP contribution in [0.5, 0.6) is 0 Å². The van der Waals surface area contributed by atoms with Crippen LogP contribution in [0, 0.1) is 10.1 Å². The molecule has 9 heteroatoms. The van der Waals surface area contributed by atoms with Gasteiger partial charge in [-0.3, -0.25) is 19.7 Å². The van der Waals surface area contributed by atoms with Crippen molar-refractivity contribution in [2.24, 2.45) is 5.10 Å². The fourth-order valence-corrected chi connectivity index (χ4v) is 2.57. The first-order chi connectivity index (χ1) is 13.9. The van der Waals surface area contributed by atoms with E-state index in [2.05, 4.69) is 15.8 Å². The minimum Gasteiger partial charge on any atom is -0.455 e. The van der Waals surface area contributed by atoms with Crippen LogP contribution in [0.1, 0.15) is 23.0 Å². The number of carbonyl (C=O) groups excluding carboxylic acids is 2. The number of nitrogens with one attached hydrogen (secondary N) is 2. The predicted octanol–water partition coefficient (Wildman–Crippen LogP) is 3.58. The Morgan fingerprint density at radius 2 is 1.90 bits per heavy atom. The highest BCUT2D eigenvalue weighted by Gasteiger charge is 2.16. The first-order valence-corrected chi connectivity index (χ1v) is 8.49. The second-order valence-corrected chi connectivity index (χ2v) is 5.94. The van der Waals surface area contributed by atoms with Crippen molar-refractivity contribution in [3.05, 3.63) is 82.1 Å². The van der Waals surface area contributed by atoms with Gasteiger partial charge in [-0.15, -0.1) is 0 Å². The Hall–Kier alpha value is -4.27. The zero-order chi connectivity index (χ0) is 20.8. The van der Waals surface area contributed by atoms with Crippen molar-refractivity contribution >= 4 is 29.4 Å². The molecular weight excluding hydrogens is 376 g/mol. The highest BCUT2D eigenvalue weighted by Crippen LogP contribution is 2.30. The predicted molar refractivity (Wildman–Crippen MR) is 107 cm³/mol. The number of rotatable bonds is 6. The second kappa shape index (κ2) is 8.61. The molecule has 2 amide bonds. The fourth-order valence-electron chi connectivity index (χ4n) is 2.57. The van der Waals surface area contributed by atoms with E-state index in [-0.39, 0.29) is 11.6 Å². The van der Waals surface area contributed by atoms with Crippen molar-refractivity contribution in [1.82, 2.24) is 5.43 Å². The van der Waals surface area contributed by atoms with E-state index in [1.165, 1.54) is 25.3 Å². The number of nitrogens with zero attached hydrogens (tertiary/aromatic N) is 2. The molecule has 0 aliphatic carbocycles. The summed E-state index contributed by atoms with van der Waals surface area (Å²) in [5.74, 6) is -0.0923. The van der Waals surface area contributed by atoms with Gasteiger partial charge in [-0.1, -0.05) is 18.2 Å². The topological polar surface area (TPSA) is 127 Å². The largest absolute Gasteiger partial charge is 0.455 e. The maximum Gasteiger partial charge on any atom is 0.280 e. The molecule has 146 valence electrons. The molecule has 9 nitrogen and oxygen atoms in total. The van der Waals surface area contributed by atoms with Crippen molar-refractivity contribution in [2.75, 3.05) is 5.32 Å². The number of hydrazone groups is 1. The average molecular weight is 392 g/mol. The van der Waals surface area contributed by atoms with Gasteiger partial charge >= 0.3 is 0 Å². The van der Waals surface area contributed by atoms with E-state index in [4.69, 9.17) is 4.42 Å². The number of carbonyl (C=O) groups is 2. The van der Waals surface area contributed by atoms with Gasteiger partial charge in [-0.05, 0) is 36.4 Å². The lowest BCUT2D eigenvalue weighted by Gasteiger charge is -2.04. The van der Waals surface area contributed by atoms with Gasteiger partial charge in [0, 0.05) is 24.2 Å². The molecule has 0 saturated carbocycles. The van der Waals surface area contributed by atoms with Crippen LogP contribution in [0.4, 0.5) is 11.4 Å². The van der Waals surface area contributed by atoms with Gasteiger partial charge in [0.2, 0.25) is 5.91 Å². The van der Waals surface area contributed by atoms with Gasteiger partial charge in [0.25, 0.3) is 11.6 Å². The molecule has 1 aromatic heterocycles. The Balaban J connectivity index is 1.69. The molecule has 0 bridgehead atoms. The zero-order valence-electron chi connectivity index (χ0n) is 15.3. The van der Waals surface area contributed by atoms with Crippen LogP contribution in [-0.4, -0.2) is 23.0 Å². The Bertz CT molecular complexity index is 1100. The van der Waals surface area contributed by atoms with Crippen LogP contribution in [0.15, 0.2) is 70.2 Å². The number of amides is 2. The monoisotopic (exact) mass is 392 g/mol. The van der Waals surface area contributed by atoms with Crippen molar-refractivity contribution < 1.29 is 18.9 Å². The fraction of sp³-hybridized carbons (Fsp3) is 0.0500. The van der Waals surface area contributed by atoms with Crippen molar-refractivity contribution in [2.45, 2.75) is 6.92 Å². The van der Waals surface area contributed by atoms with Crippen molar-refractivity contribution in [3.63, 3.8) is 0 Å². The van der Waals surface area contributed by atoms with E-state index in [0.717, 1.165) is 0 Å². The van der Waals surface area contributed by atoms with E-state index in [1.54, 1.807) is 48.5 Å². The SMILES string of the molecule is CC(=O)Nc1cccc(C(=O)N/N=C\c2ccc(-c3ccccc3[N+](=O)[O-])o2)c1. The number of hydrogen-bond donors (Lipinski definition) is 2. The van der Waals surface area contributed by atoms with Gasteiger partial charge in [-0.25, -0.2) is 5.43 Å². The summed E-state index contributed by atoms with van der Waals surface area (Å²) in [5.41, 5.74) is 3.44. The van der Waals surface area contributed by atoms with E-state index in [0.29, 0.717) is 28.3 Å². The van der Waals surface area contributed by atoms with Crippen LogP contribution in [0.2, 0.25) is 0 Å². The number of hydrogen-bond acceptors (Lipinski definition) is 6. The van der Waals surface area contributed by atoms with E-state index >= 15 is 0 Å². The third-order valence-electron chi connectivity index (χ3n) is 3.80. The van der Waals surface area contributed by atoms with Gasteiger partial charge in [0.15, 0.2) is 0 Å². The van der Waals surface area contributed by atoms with E-state index in [1.807, 2.05) is 0 Å². The minimum atomic E-state index is -0.485. The number of furan rings is 1.